The normalized spacial score (nSPS) is 23.8. The van der Waals surface area contributed by atoms with Crippen LogP contribution in [0.4, 0.5) is 0 Å². The fraction of sp³-hybridized carbons (Fsp3) is 0.435. The van der Waals surface area contributed by atoms with Gasteiger partial charge in [0, 0.05) is 24.9 Å². The number of aldehydes is 1. The first-order valence-corrected chi connectivity index (χ1v) is 9.93. The van der Waals surface area contributed by atoms with E-state index in [4.69, 9.17) is 28.4 Å². The minimum absolute atomic E-state index is 0.113. The zero-order chi connectivity index (χ0) is 22.1. The second-order valence-electron chi connectivity index (χ2n) is 7.55. The predicted octanol–water partition coefficient (Wildman–Crippen LogP) is 2.70. The Morgan fingerprint density at radius 3 is 2.10 bits per heavy atom. The van der Waals surface area contributed by atoms with E-state index in [9.17, 15) is 9.90 Å². The van der Waals surface area contributed by atoms with Crippen LogP contribution < -0.4 is 23.7 Å². The van der Waals surface area contributed by atoms with Gasteiger partial charge in [-0.15, -0.1) is 0 Å². The zero-order valence-corrected chi connectivity index (χ0v) is 17.9. The fourth-order valence-electron chi connectivity index (χ4n) is 4.65. The number of ether oxygens (including phenoxy) is 6. The summed E-state index contributed by atoms with van der Waals surface area (Å²) in [6.45, 7) is 0.334. The molecule has 8 heteroatoms. The van der Waals surface area contributed by atoms with Gasteiger partial charge in [-0.3, -0.25) is 0 Å². The van der Waals surface area contributed by atoms with Gasteiger partial charge in [0.25, 0.3) is 0 Å². The monoisotopic (exact) mass is 430 g/mol. The summed E-state index contributed by atoms with van der Waals surface area (Å²) in [5.74, 6) is 1.20. The van der Waals surface area contributed by atoms with Crippen LogP contribution in [0.1, 0.15) is 28.7 Å². The second kappa shape index (κ2) is 8.64. The maximum atomic E-state index is 12.3. The lowest BCUT2D eigenvalue weighted by atomic mass is 9.65. The van der Waals surface area contributed by atoms with Gasteiger partial charge in [-0.1, -0.05) is 0 Å². The number of carbonyl (C=O) groups excluding carboxylic acids is 1. The van der Waals surface area contributed by atoms with Gasteiger partial charge >= 0.3 is 0 Å². The Balaban J connectivity index is 1.95. The fourth-order valence-corrected chi connectivity index (χ4v) is 4.65. The highest BCUT2D eigenvalue weighted by molar-refractivity contribution is 5.65. The summed E-state index contributed by atoms with van der Waals surface area (Å²) in [4.78, 5) is 12.3. The summed E-state index contributed by atoms with van der Waals surface area (Å²) in [5.41, 5.74) is 2.26. The number of aliphatic hydroxyl groups is 1. The third kappa shape index (κ3) is 3.45. The van der Waals surface area contributed by atoms with Crippen LogP contribution in [0.5, 0.6) is 28.7 Å². The highest BCUT2D eigenvalue weighted by Gasteiger charge is 2.44. The van der Waals surface area contributed by atoms with Crippen molar-refractivity contribution in [3.05, 3.63) is 41.0 Å². The number of hydrogen-bond donors (Lipinski definition) is 1. The highest BCUT2D eigenvalue weighted by Crippen LogP contribution is 2.53. The molecule has 0 radical (unpaired) electrons. The summed E-state index contributed by atoms with van der Waals surface area (Å²) in [6, 6.07) is 7.29. The van der Waals surface area contributed by atoms with Crippen LogP contribution in [-0.2, 0) is 9.53 Å². The molecule has 1 N–H and O–H groups in total. The molecule has 1 heterocycles. The van der Waals surface area contributed by atoms with Crippen molar-refractivity contribution in [2.75, 3.05) is 41.8 Å². The van der Waals surface area contributed by atoms with Crippen molar-refractivity contribution in [1.82, 2.24) is 0 Å². The van der Waals surface area contributed by atoms with Crippen molar-refractivity contribution in [2.24, 2.45) is 11.8 Å². The van der Waals surface area contributed by atoms with Gasteiger partial charge < -0.3 is 38.3 Å². The van der Waals surface area contributed by atoms with Crippen molar-refractivity contribution in [3.8, 4) is 28.7 Å². The van der Waals surface area contributed by atoms with Crippen LogP contribution in [0, 0.1) is 11.8 Å². The topological polar surface area (TPSA) is 92.7 Å². The molecule has 8 nitrogen and oxygen atoms in total. The first-order chi connectivity index (χ1) is 15.1. The Bertz CT molecular complexity index is 947. The van der Waals surface area contributed by atoms with Gasteiger partial charge in [-0.2, -0.15) is 0 Å². The number of fused-ring (bicyclic) bond motifs is 2. The molecule has 1 aliphatic heterocycles. The number of aliphatic hydroxyl groups excluding tert-OH is 1. The van der Waals surface area contributed by atoms with E-state index >= 15 is 0 Å². The van der Waals surface area contributed by atoms with Gasteiger partial charge in [0.1, 0.15) is 6.29 Å². The third-order valence-electron chi connectivity index (χ3n) is 6.08. The summed E-state index contributed by atoms with van der Waals surface area (Å²) in [6.07, 6.45) is -0.00758. The first-order valence-electron chi connectivity index (χ1n) is 9.93. The van der Waals surface area contributed by atoms with Crippen LogP contribution in [0.3, 0.4) is 0 Å². The molecule has 4 rings (SSSR count). The van der Waals surface area contributed by atoms with E-state index in [1.807, 2.05) is 18.2 Å². The van der Waals surface area contributed by atoms with Crippen LogP contribution >= 0.6 is 0 Å². The molecule has 0 saturated heterocycles. The van der Waals surface area contributed by atoms with E-state index in [-0.39, 0.29) is 19.3 Å². The lowest BCUT2D eigenvalue weighted by Gasteiger charge is -2.40. The van der Waals surface area contributed by atoms with Crippen LogP contribution in [0.2, 0.25) is 0 Å². The summed E-state index contributed by atoms with van der Waals surface area (Å²) >= 11 is 0. The van der Waals surface area contributed by atoms with Crippen molar-refractivity contribution in [3.63, 3.8) is 0 Å². The van der Waals surface area contributed by atoms with Gasteiger partial charge in [0.2, 0.25) is 12.5 Å². The average Bonchev–Trinajstić information content (AvgIpc) is 3.26. The minimum Gasteiger partial charge on any atom is -0.493 e. The molecule has 2 aromatic rings. The molecule has 4 atom stereocenters. The molecular formula is C23H26O8. The Kier molecular flexibility index (Phi) is 5.93. The summed E-state index contributed by atoms with van der Waals surface area (Å²) in [7, 11) is 6.18. The molecule has 0 amide bonds. The molecule has 0 spiro atoms. The third-order valence-corrected chi connectivity index (χ3v) is 6.08. The number of hydrogen-bond acceptors (Lipinski definition) is 8. The SMILES string of the molecule is COC[C@H]1[C@H](C=O)[C@H](c2cc(OC)c(OC)c(OC)c2)c2cc3c(cc2[C@@H]1O)OCO3. The molecule has 0 aromatic heterocycles. The Hall–Kier alpha value is -2.97. The number of methoxy groups -OCH3 is 4. The Morgan fingerprint density at radius 1 is 0.968 bits per heavy atom. The van der Waals surface area contributed by atoms with Crippen molar-refractivity contribution >= 4 is 6.29 Å². The molecule has 1 aliphatic carbocycles. The molecule has 31 heavy (non-hydrogen) atoms. The quantitative estimate of drug-likeness (QED) is 0.671. The highest BCUT2D eigenvalue weighted by atomic mass is 16.7. The zero-order valence-electron chi connectivity index (χ0n) is 17.9. The smallest absolute Gasteiger partial charge is 0.231 e. The molecular weight excluding hydrogens is 404 g/mol. The molecule has 0 fully saturated rings. The molecule has 2 aromatic carbocycles. The number of rotatable bonds is 7. The predicted molar refractivity (Wildman–Crippen MR) is 110 cm³/mol. The van der Waals surface area contributed by atoms with Crippen molar-refractivity contribution < 1.29 is 38.3 Å². The maximum absolute atomic E-state index is 12.3. The van der Waals surface area contributed by atoms with Gasteiger partial charge in [-0.05, 0) is 41.0 Å². The standard InChI is InChI=1S/C23H26O8/c1-26-10-16-15(9-24)21(12-5-19(27-2)23(29-4)20(6-12)28-3)13-7-17-18(31-11-30-17)8-14(13)22(16)25/h5-9,15-16,21-22,25H,10-11H2,1-4H3/t15-,16-,21+,22-/m0/s1. The molecule has 0 saturated carbocycles. The minimum atomic E-state index is -0.891. The Labute approximate surface area is 180 Å². The van der Waals surface area contributed by atoms with E-state index in [1.54, 1.807) is 27.4 Å². The first kappa shape index (κ1) is 21.3. The van der Waals surface area contributed by atoms with E-state index in [2.05, 4.69) is 0 Å². The molecule has 0 unspecified atom stereocenters. The van der Waals surface area contributed by atoms with E-state index in [0.29, 0.717) is 34.3 Å². The largest absolute Gasteiger partial charge is 0.493 e. The lowest BCUT2D eigenvalue weighted by molar-refractivity contribution is -0.117. The average molecular weight is 430 g/mol. The molecule has 166 valence electrons. The number of benzene rings is 2. The van der Waals surface area contributed by atoms with E-state index in [1.165, 1.54) is 7.11 Å². The van der Waals surface area contributed by atoms with Crippen molar-refractivity contribution in [1.29, 1.82) is 0 Å². The van der Waals surface area contributed by atoms with Gasteiger partial charge in [0.15, 0.2) is 23.0 Å². The van der Waals surface area contributed by atoms with E-state index < -0.39 is 17.9 Å². The van der Waals surface area contributed by atoms with Gasteiger partial charge in [0.05, 0.1) is 34.0 Å². The van der Waals surface area contributed by atoms with Crippen LogP contribution in [0.15, 0.2) is 24.3 Å². The van der Waals surface area contributed by atoms with Gasteiger partial charge in [-0.25, -0.2) is 0 Å². The second-order valence-corrected chi connectivity index (χ2v) is 7.55. The number of carbonyl (C=O) groups is 1. The molecule has 0 bridgehead atoms. The summed E-state index contributed by atoms with van der Waals surface area (Å²) < 4.78 is 32.9. The Morgan fingerprint density at radius 2 is 1.58 bits per heavy atom. The van der Waals surface area contributed by atoms with E-state index in [0.717, 1.165) is 17.4 Å². The lowest BCUT2D eigenvalue weighted by Crippen LogP contribution is -2.37. The molecule has 2 aliphatic rings. The van der Waals surface area contributed by atoms with Crippen molar-refractivity contribution in [2.45, 2.75) is 12.0 Å². The summed E-state index contributed by atoms with van der Waals surface area (Å²) in [5, 5.41) is 11.1. The maximum Gasteiger partial charge on any atom is 0.231 e. The van der Waals surface area contributed by atoms with Crippen LogP contribution in [-0.4, -0.2) is 53.2 Å². The van der Waals surface area contributed by atoms with Crippen LogP contribution in [0.25, 0.3) is 0 Å².